The molecule has 0 radical (unpaired) electrons. The standard InChI is InChI=1S/2C20H25N7O6.Ca.5H2O/c2*1-27-12(9-23-16-15(27)18(31)26-20(21)25-16)8-22-11-4-2-10(3-5-11)17(30)24-13(19(32)33)6-7-14(28)29;;;;;;/h2*2-5,12-13,22H,6-9H2,1H3,(H,24,30)(H,28,29)(H,32,33)(H4,21,23,25,26,31);;5*1H2/q;;+2;;;;;/p-2. The number of hydrogen-bond acceptors (Lipinski definition) is 20. The first-order valence-corrected chi connectivity index (χ1v) is 20.2. The molecular weight excluding hydrogens is 989 g/mol. The number of rotatable bonds is 18. The monoisotopic (exact) mass is 1050 g/mol. The van der Waals surface area contributed by atoms with Gasteiger partial charge >= 0.3 is 49.7 Å². The molecule has 72 heavy (non-hydrogen) atoms. The van der Waals surface area contributed by atoms with Crippen LogP contribution in [0, 0.1) is 0 Å². The van der Waals surface area contributed by atoms with Crippen LogP contribution in [0.2, 0.25) is 0 Å². The van der Waals surface area contributed by atoms with Crippen molar-refractivity contribution in [2.45, 2.75) is 49.9 Å². The molecule has 4 heterocycles. The average molecular weight is 1050 g/mol. The van der Waals surface area contributed by atoms with Crippen LogP contribution in [-0.2, 0) is 19.2 Å². The smallest absolute Gasteiger partial charge is 0.550 e. The maximum absolute atomic E-state index is 12.3. The summed E-state index contributed by atoms with van der Waals surface area (Å²) in [6.07, 6.45) is -1.52. The molecule has 4 unspecified atom stereocenters. The van der Waals surface area contributed by atoms with E-state index in [1.807, 2.05) is 9.80 Å². The molecule has 6 rings (SSSR count). The molecule has 4 atom stereocenters. The van der Waals surface area contributed by atoms with Gasteiger partial charge in [-0.3, -0.25) is 29.1 Å². The zero-order valence-corrected chi connectivity index (χ0v) is 40.9. The Morgan fingerprint density at radius 1 is 0.639 bits per heavy atom. The van der Waals surface area contributed by atoms with Crippen LogP contribution < -0.4 is 74.5 Å². The third-order valence-electron chi connectivity index (χ3n) is 10.5. The summed E-state index contributed by atoms with van der Waals surface area (Å²) in [5.41, 5.74) is 13.1. The second-order valence-corrected chi connectivity index (χ2v) is 15.1. The SMILES string of the molecule is CN1c2c(nc(N)[nH]c2=O)NCC1CNc1ccc(C(=O)NC(CCC(=O)[O-])C(=O)O)cc1.CN1c2c(nc(N)[nH]c2=O)NCC1CNc1ccc(C(=O)NC(CCC(=O)[O-])C(=O)O)cc1.O.O.O.O.O.[Ca+2]. The number of fused-ring (bicyclic) bond motifs is 2. The molecule has 0 bridgehead atoms. The predicted molar refractivity (Wildman–Crippen MR) is 260 cm³/mol. The number of likely N-dealkylation sites (N-methyl/N-ethyl adjacent to an activating group) is 2. The first-order chi connectivity index (χ1) is 31.3. The molecule has 2 amide bonds. The number of carbonyl (C=O) groups excluding carboxylic acids is 4. The fourth-order valence-electron chi connectivity index (χ4n) is 6.83. The van der Waals surface area contributed by atoms with Gasteiger partial charge in [0.25, 0.3) is 22.9 Å². The molecule has 0 saturated heterocycles. The van der Waals surface area contributed by atoms with Crippen molar-refractivity contribution >= 4 is 120 Å². The molecule has 392 valence electrons. The number of anilines is 8. The minimum absolute atomic E-state index is 0. The Labute approximate surface area is 437 Å². The van der Waals surface area contributed by atoms with E-state index in [9.17, 15) is 48.6 Å². The van der Waals surface area contributed by atoms with Crippen molar-refractivity contribution in [2.75, 3.05) is 82.8 Å². The van der Waals surface area contributed by atoms with Gasteiger partial charge in [0, 0.05) is 74.7 Å². The van der Waals surface area contributed by atoms with Crippen molar-refractivity contribution in [2.24, 2.45) is 0 Å². The van der Waals surface area contributed by atoms with Gasteiger partial charge in [0.1, 0.15) is 23.5 Å². The van der Waals surface area contributed by atoms with Crippen LogP contribution in [0.3, 0.4) is 0 Å². The summed E-state index contributed by atoms with van der Waals surface area (Å²) >= 11 is 0. The molecule has 31 nitrogen and oxygen atoms in total. The van der Waals surface area contributed by atoms with Crippen molar-refractivity contribution in [1.29, 1.82) is 0 Å². The second-order valence-electron chi connectivity index (χ2n) is 15.1. The molecule has 24 N–H and O–H groups in total. The van der Waals surface area contributed by atoms with Crippen molar-refractivity contribution in [3.63, 3.8) is 0 Å². The molecule has 0 saturated carbocycles. The number of carboxylic acid groups (broad SMARTS) is 4. The normalized spacial score (nSPS) is 14.4. The predicted octanol–water partition coefficient (Wildman–Crippen LogP) is -7.69. The number of amides is 2. The van der Waals surface area contributed by atoms with E-state index in [4.69, 9.17) is 21.7 Å². The van der Waals surface area contributed by atoms with E-state index in [0.29, 0.717) is 60.6 Å². The van der Waals surface area contributed by atoms with Crippen molar-refractivity contribution in [3.05, 3.63) is 80.4 Å². The fraction of sp³-hybridized carbons (Fsp3) is 0.350. The molecule has 2 aromatic heterocycles. The van der Waals surface area contributed by atoms with E-state index < -0.39 is 60.6 Å². The summed E-state index contributed by atoms with van der Waals surface area (Å²) in [5.74, 6) is -5.79. The van der Waals surface area contributed by atoms with Gasteiger partial charge < -0.3 is 111 Å². The third kappa shape index (κ3) is 18.0. The Balaban J connectivity index is 0. The number of nitrogens with two attached hydrogens (primary N) is 2. The number of hydrogen-bond donors (Lipinski definition) is 12. The quantitative estimate of drug-likeness (QED) is 0.0412. The fourth-order valence-corrected chi connectivity index (χ4v) is 6.83. The van der Waals surface area contributed by atoms with E-state index >= 15 is 0 Å². The topological polar surface area (TPSA) is 569 Å². The number of aliphatic carboxylic acids is 4. The first-order valence-electron chi connectivity index (χ1n) is 20.2. The van der Waals surface area contributed by atoms with E-state index in [2.05, 4.69) is 51.8 Å². The minimum Gasteiger partial charge on any atom is -0.550 e. The number of nitrogen functional groups attached to an aromatic ring is 2. The van der Waals surface area contributed by atoms with Crippen molar-refractivity contribution in [3.8, 4) is 0 Å². The zero-order valence-electron chi connectivity index (χ0n) is 38.7. The Kier molecular flexibility index (Phi) is 28.0. The van der Waals surface area contributed by atoms with Crippen molar-refractivity contribution < 1.29 is 76.6 Å². The molecule has 0 fully saturated rings. The first kappa shape index (κ1) is 66.6. The number of carbonyl (C=O) groups is 6. The number of nitrogens with one attached hydrogen (secondary N) is 8. The molecule has 0 aliphatic carbocycles. The number of aromatic amines is 2. The van der Waals surface area contributed by atoms with E-state index in [-0.39, 0.29) is 124 Å². The van der Waals surface area contributed by atoms with E-state index in [1.54, 1.807) is 38.4 Å². The molecular formula is C40H58CaN14O17. The molecule has 2 aromatic carbocycles. The second kappa shape index (κ2) is 30.3. The van der Waals surface area contributed by atoms with Gasteiger partial charge in [-0.25, -0.2) is 9.59 Å². The zero-order chi connectivity index (χ0) is 48.2. The van der Waals surface area contributed by atoms with Crippen LogP contribution in [0.15, 0.2) is 58.1 Å². The maximum atomic E-state index is 12.3. The van der Waals surface area contributed by atoms with Gasteiger partial charge in [0.15, 0.2) is 11.6 Å². The number of benzene rings is 2. The largest absolute Gasteiger partial charge is 2.00 e. The summed E-state index contributed by atoms with van der Waals surface area (Å²) in [6.45, 7) is 2.00. The summed E-state index contributed by atoms with van der Waals surface area (Å²) in [7, 11) is 3.57. The maximum Gasteiger partial charge on any atom is 2.00 e. The summed E-state index contributed by atoms with van der Waals surface area (Å²) < 4.78 is 0. The Bertz CT molecular complexity index is 2400. The van der Waals surface area contributed by atoms with Gasteiger partial charge in [-0.15, -0.1) is 0 Å². The van der Waals surface area contributed by atoms with Crippen LogP contribution in [-0.4, -0.2) is 195 Å². The third-order valence-corrected chi connectivity index (χ3v) is 10.5. The number of carboxylic acids is 4. The summed E-state index contributed by atoms with van der Waals surface area (Å²) in [5, 5.41) is 56.7. The number of nitrogens with zero attached hydrogens (tertiary/aromatic N) is 4. The molecule has 32 heteroatoms. The van der Waals surface area contributed by atoms with Crippen LogP contribution >= 0.6 is 0 Å². The van der Waals surface area contributed by atoms with E-state index in [1.165, 1.54) is 24.3 Å². The van der Waals surface area contributed by atoms with Crippen LogP contribution in [0.5, 0.6) is 0 Å². The molecule has 2 aliphatic heterocycles. The molecule has 0 spiro atoms. The Morgan fingerprint density at radius 2 is 0.958 bits per heavy atom. The van der Waals surface area contributed by atoms with Gasteiger partial charge in [0.05, 0.1) is 12.1 Å². The van der Waals surface area contributed by atoms with Gasteiger partial charge in [-0.2, -0.15) is 9.97 Å². The summed E-state index contributed by atoms with van der Waals surface area (Å²) in [6, 6.07) is 9.88. The van der Waals surface area contributed by atoms with Crippen LogP contribution in [0.1, 0.15) is 46.4 Å². The van der Waals surface area contributed by atoms with Gasteiger partial charge in [-0.05, 0) is 74.2 Å². The van der Waals surface area contributed by atoms with E-state index in [0.717, 1.165) is 0 Å². The van der Waals surface area contributed by atoms with Gasteiger partial charge in [0.2, 0.25) is 11.9 Å². The van der Waals surface area contributed by atoms with Gasteiger partial charge in [-0.1, -0.05) is 0 Å². The molecule has 4 aromatic rings. The van der Waals surface area contributed by atoms with Crippen LogP contribution in [0.25, 0.3) is 0 Å². The number of aromatic nitrogens is 4. The average Bonchev–Trinajstić information content (AvgIpc) is 3.25. The van der Waals surface area contributed by atoms with Crippen LogP contribution in [0.4, 0.5) is 46.3 Å². The van der Waals surface area contributed by atoms with Crippen molar-refractivity contribution in [1.82, 2.24) is 30.6 Å². The number of H-pyrrole nitrogens is 2. The summed E-state index contributed by atoms with van der Waals surface area (Å²) in [4.78, 5) is 109. The minimum atomic E-state index is -1.39. The Morgan fingerprint density at radius 3 is 1.25 bits per heavy atom. The Hall–Kier alpha value is -7.52. The molecule has 2 aliphatic rings.